The Morgan fingerprint density at radius 2 is 1.35 bits per heavy atom. The van der Waals surface area contributed by atoms with Crippen molar-refractivity contribution in [2.24, 2.45) is 0 Å². The molecule has 1 saturated heterocycles. The van der Waals surface area contributed by atoms with Gasteiger partial charge in [0.25, 0.3) is 0 Å². The number of ether oxygens (including phenoxy) is 2. The first-order valence-electron chi connectivity index (χ1n) is 7.88. The quantitative estimate of drug-likeness (QED) is 0.445. The minimum atomic E-state index is -0.625. The van der Waals surface area contributed by atoms with Gasteiger partial charge in [-0.1, -0.05) is 0 Å². The summed E-state index contributed by atoms with van der Waals surface area (Å²) in [5, 5.41) is 0. The molecule has 0 radical (unpaired) electrons. The Labute approximate surface area is 139 Å². The van der Waals surface area contributed by atoms with Gasteiger partial charge < -0.3 is 19.1 Å². The van der Waals surface area contributed by atoms with E-state index in [1.807, 2.05) is 23.7 Å². The molecule has 0 spiro atoms. The van der Waals surface area contributed by atoms with Crippen molar-refractivity contribution < 1.29 is 19.1 Å². The van der Waals surface area contributed by atoms with Crippen LogP contribution in [0.5, 0.6) is 0 Å². The first kappa shape index (κ1) is 19.7. The number of hydrogen-bond donors (Lipinski definition) is 0. The summed E-state index contributed by atoms with van der Waals surface area (Å²) >= 11 is 0. The van der Waals surface area contributed by atoms with Crippen molar-refractivity contribution in [1.29, 1.82) is 0 Å². The Hall–Kier alpha value is -1.34. The molecule has 1 fully saturated rings. The lowest BCUT2D eigenvalue weighted by atomic mass is 9.65. The molecule has 130 valence electrons. The van der Waals surface area contributed by atoms with Crippen LogP contribution in [0.1, 0.15) is 41.5 Å². The lowest BCUT2D eigenvalue weighted by molar-refractivity contribution is -0.152. The van der Waals surface area contributed by atoms with E-state index in [2.05, 4.69) is 0 Å². The average molecular weight is 324 g/mol. The van der Waals surface area contributed by atoms with E-state index in [0.29, 0.717) is 5.47 Å². The van der Waals surface area contributed by atoms with E-state index >= 15 is 0 Å². The molecule has 1 heterocycles. The van der Waals surface area contributed by atoms with Crippen molar-refractivity contribution in [2.45, 2.75) is 52.7 Å². The van der Waals surface area contributed by atoms with Crippen LogP contribution in [0.25, 0.3) is 0 Å². The van der Waals surface area contributed by atoms with Gasteiger partial charge in [-0.2, -0.15) is 0 Å². The van der Waals surface area contributed by atoms with Gasteiger partial charge in [-0.3, -0.25) is 0 Å². The lowest BCUT2D eigenvalue weighted by Crippen LogP contribution is -2.46. The Balaban J connectivity index is 3.11. The number of esters is 2. The van der Waals surface area contributed by atoms with Crippen LogP contribution < -0.4 is 0 Å². The first-order chi connectivity index (χ1) is 10.3. The molecule has 1 aliphatic rings. The monoisotopic (exact) mass is 324 g/mol. The van der Waals surface area contributed by atoms with Crippen molar-refractivity contribution in [3.63, 3.8) is 0 Å². The molecule has 6 nitrogen and oxygen atoms in total. The molecule has 0 aromatic rings. The lowest BCUT2D eigenvalue weighted by Gasteiger charge is -2.26. The fourth-order valence-corrected chi connectivity index (χ4v) is 2.41. The number of carbonyl (C=O) groups excluding carboxylic acids is 2. The molecule has 1 rings (SSSR count). The topological polar surface area (TPSA) is 59.1 Å². The number of carbonyl (C=O) groups is 2. The molecule has 0 aromatic heterocycles. The Kier molecular flexibility index (Phi) is 6.04. The van der Waals surface area contributed by atoms with E-state index in [1.54, 1.807) is 41.5 Å². The fourth-order valence-electron chi connectivity index (χ4n) is 2.41. The van der Waals surface area contributed by atoms with Crippen LogP contribution in [0.3, 0.4) is 0 Å². The maximum absolute atomic E-state index is 12.6. The van der Waals surface area contributed by atoms with Crippen molar-refractivity contribution in [1.82, 2.24) is 9.62 Å². The second-order valence-corrected chi connectivity index (χ2v) is 7.97. The van der Waals surface area contributed by atoms with Crippen LogP contribution in [-0.2, 0) is 19.1 Å². The highest BCUT2D eigenvalue weighted by Gasteiger charge is 2.40. The zero-order valence-electron chi connectivity index (χ0n) is 15.6. The van der Waals surface area contributed by atoms with Crippen molar-refractivity contribution in [3.05, 3.63) is 11.5 Å². The van der Waals surface area contributed by atoms with Gasteiger partial charge in [-0.15, -0.1) is 0 Å². The van der Waals surface area contributed by atoms with Crippen LogP contribution in [-0.4, -0.2) is 66.9 Å². The Bertz CT molecular complexity index is 481. The van der Waals surface area contributed by atoms with E-state index in [4.69, 9.17) is 9.47 Å². The summed E-state index contributed by atoms with van der Waals surface area (Å²) in [6, 6.07) is 0. The molecule has 7 heteroatoms. The standard InChI is InChI=1S/C16H29BN2O4/c1-15(2,3)22-13(20)11-12(14(21)23-16(4,5)6)17-18(7)9-10-19(17)8/h11H,9-10H2,1-8H3/b12-11+. The van der Waals surface area contributed by atoms with Gasteiger partial charge in [0.15, 0.2) is 0 Å². The fraction of sp³-hybridized carbons (Fsp3) is 0.750. The summed E-state index contributed by atoms with van der Waals surface area (Å²) in [5.41, 5.74) is -0.934. The molecule has 0 aliphatic carbocycles. The van der Waals surface area contributed by atoms with Gasteiger partial charge in [0.05, 0.1) is 0 Å². The molecule has 1 aliphatic heterocycles. The summed E-state index contributed by atoms with van der Waals surface area (Å²) in [7, 11) is 3.84. The maximum atomic E-state index is 12.6. The maximum Gasteiger partial charge on any atom is 0.353 e. The number of hydrogen-bond acceptors (Lipinski definition) is 6. The van der Waals surface area contributed by atoms with E-state index in [1.165, 1.54) is 6.08 Å². The molecular formula is C16H29BN2O4. The van der Waals surface area contributed by atoms with Crippen LogP contribution in [0, 0.1) is 0 Å². The molecule has 23 heavy (non-hydrogen) atoms. The van der Waals surface area contributed by atoms with Crippen LogP contribution in [0.15, 0.2) is 11.5 Å². The van der Waals surface area contributed by atoms with Gasteiger partial charge >= 0.3 is 18.9 Å². The van der Waals surface area contributed by atoms with Crippen molar-refractivity contribution in [3.8, 4) is 0 Å². The SMILES string of the molecule is CN1CCN(C)B1/C(=C/C(=O)OC(C)(C)C)C(=O)OC(C)(C)C. The number of rotatable bonds is 3. The van der Waals surface area contributed by atoms with Crippen LogP contribution in [0.2, 0.25) is 0 Å². The molecule has 0 saturated carbocycles. The first-order valence-corrected chi connectivity index (χ1v) is 7.88. The van der Waals surface area contributed by atoms with E-state index in [0.717, 1.165) is 13.1 Å². The predicted octanol–water partition coefficient (Wildman–Crippen LogP) is 1.50. The average Bonchev–Trinajstić information content (AvgIpc) is 2.61. The summed E-state index contributed by atoms with van der Waals surface area (Å²) in [5.74, 6) is -1.03. The number of likely N-dealkylation sites (N-methyl/N-ethyl adjacent to an activating group) is 2. The third-order valence-electron chi connectivity index (χ3n) is 3.23. The minimum absolute atomic E-state index is 0.294. The second kappa shape index (κ2) is 7.05. The largest absolute Gasteiger partial charge is 0.457 e. The highest BCUT2D eigenvalue weighted by atomic mass is 16.6. The van der Waals surface area contributed by atoms with Gasteiger partial charge in [0.2, 0.25) is 0 Å². The van der Waals surface area contributed by atoms with Gasteiger partial charge in [0, 0.05) is 24.6 Å². The second-order valence-electron chi connectivity index (χ2n) is 7.97. The summed E-state index contributed by atoms with van der Waals surface area (Å²) in [4.78, 5) is 28.8. The molecule has 0 amide bonds. The van der Waals surface area contributed by atoms with E-state index in [-0.39, 0.29) is 6.98 Å². The molecular weight excluding hydrogens is 295 g/mol. The minimum Gasteiger partial charge on any atom is -0.457 e. The smallest absolute Gasteiger partial charge is 0.353 e. The van der Waals surface area contributed by atoms with Gasteiger partial charge in [-0.05, 0) is 55.6 Å². The highest BCUT2D eigenvalue weighted by Crippen LogP contribution is 2.20. The summed E-state index contributed by atoms with van der Waals surface area (Å²) < 4.78 is 10.8. The van der Waals surface area contributed by atoms with E-state index < -0.39 is 23.1 Å². The third kappa shape index (κ3) is 6.35. The molecule has 0 N–H and O–H groups in total. The molecule has 0 bridgehead atoms. The number of nitrogens with zero attached hydrogens (tertiary/aromatic N) is 2. The normalized spacial score (nSPS) is 18.3. The van der Waals surface area contributed by atoms with Crippen molar-refractivity contribution in [2.75, 3.05) is 27.2 Å². The third-order valence-corrected chi connectivity index (χ3v) is 3.23. The zero-order valence-corrected chi connectivity index (χ0v) is 15.6. The predicted molar refractivity (Wildman–Crippen MR) is 90.8 cm³/mol. The molecule has 0 aromatic carbocycles. The molecule has 0 atom stereocenters. The van der Waals surface area contributed by atoms with Crippen LogP contribution >= 0.6 is 0 Å². The Morgan fingerprint density at radius 1 is 0.913 bits per heavy atom. The zero-order chi connectivity index (χ0) is 18.0. The highest BCUT2D eigenvalue weighted by molar-refractivity contribution is 6.68. The van der Waals surface area contributed by atoms with Gasteiger partial charge in [0.1, 0.15) is 11.2 Å². The van der Waals surface area contributed by atoms with E-state index in [9.17, 15) is 9.59 Å². The molecule has 0 unspecified atom stereocenters. The van der Waals surface area contributed by atoms with Crippen LogP contribution in [0.4, 0.5) is 0 Å². The Morgan fingerprint density at radius 3 is 1.74 bits per heavy atom. The summed E-state index contributed by atoms with van der Waals surface area (Å²) in [6.45, 7) is 12.1. The van der Waals surface area contributed by atoms with Crippen molar-refractivity contribution >= 4 is 18.9 Å². The summed E-state index contributed by atoms with van der Waals surface area (Å²) in [6.07, 6.45) is 1.27. The van der Waals surface area contributed by atoms with Gasteiger partial charge in [-0.25, -0.2) is 9.59 Å².